The second-order valence-corrected chi connectivity index (χ2v) is 20.0. The molecule has 0 radical (unpaired) electrons. The number of nitrogens with zero attached hydrogens (tertiary/aromatic N) is 6. The molecule has 0 saturated carbocycles. The molecule has 5 heterocycles. The van der Waals surface area contributed by atoms with Crippen molar-refractivity contribution < 1.29 is 14.3 Å². The number of amides is 2. The summed E-state index contributed by atoms with van der Waals surface area (Å²) >= 11 is 1.28. The summed E-state index contributed by atoms with van der Waals surface area (Å²) in [5.74, 6) is -0.837. The Morgan fingerprint density at radius 2 is 1.98 bits per heavy atom. The number of likely N-dealkylation sites (tertiary alicyclic amines) is 1. The molecule has 0 spiro atoms. The molecule has 240 valence electrons. The standard InChI is InChI=1S/C31H42N8O4SSi/c1-20-22(16-21(17-34-20)29(42)33-11-13-37-12-7-10-31(37,2)3)26-27(44-30-23(28(32)41)18-35-39(26)30)24-8-9-25(40)38(36-24)19-43-14-15-45(4,5)6/h8-9,16-18H,7,10-15,19H2,1-6H3,(H2,32,41)(H,33,42). The summed E-state index contributed by atoms with van der Waals surface area (Å²) in [6, 6.07) is 5.83. The van der Waals surface area contributed by atoms with Gasteiger partial charge in [0.2, 0.25) is 0 Å². The van der Waals surface area contributed by atoms with Gasteiger partial charge in [0.05, 0.1) is 27.9 Å². The van der Waals surface area contributed by atoms with E-state index in [0.717, 1.165) is 32.0 Å². The molecule has 4 aromatic rings. The van der Waals surface area contributed by atoms with Crippen molar-refractivity contribution in [2.45, 2.75) is 71.6 Å². The lowest BCUT2D eigenvalue weighted by Crippen LogP contribution is -2.43. The van der Waals surface area contributed by atoms with E-state index < -0.39 is 14.0 Å². The number of aryl methyl sites for hydroxylation is 1. The lowest BCUT2D eigenvalue weighted by Gasteiger charge is -2.31. The number of rotatable bonds is 12. The number of thiazole rings is 1. The number of fused-ring (bicyclic) bond motifs is 1. The maximum atomic E-state index is 13.3. The van der Waals surface area contributed by atoms with Gasteiger partial charge in [-0.2, -0.15) is 10.2 Å². The molecule has 1 aliphatic rings. The molecular weight excluding hydrogens is 609 g/mol. The van der Waals surface area contributed by atoms with Gasteiger partial charge >= 0.3 is 0 Å². The number of carbonyl (C=O) groups is 2. The highest BCUT2D eigenvalue weighted by Crippen LogP contribution is 2.40. The van der Waals surface area contributed by atoms with Crippen molar-refractivity contribution in [1.82, 2.24) is 34.6 Å². The number of aromatic nitrogens is 5. The van der Waals surface area contributed by atoms with Gasteiger partial charge in [0, 0.05) is 56.8 Å². The monoisotopic (exact) mass is 650 g/mol. The minimum Gasteiger partial charge on any atom is -0.365 e. The summed E-state index contributed by atoms with van der Waals surface area (Å²) in [4.78, 5) is 46.4. The summed E-state index contributed by atoms with van der Waals surface area (Å²) in [5, 5.41) is 12.2. The maximum Gasteiger partial charge on any atom is 0.268 e. The van der Waals surface area contributed by atoms with Crippen molar-refractivity contribution in [2.75, 3.05) is 26.2 Å². The van der Waals surface area contributed by atoms with Crippen LogP contribution >= 0.6 is 11.3 Å². The zero-order chi connectivity index (χ0) is 32.5. The molecule has 0 aliphatic carbocycles. The molecule has 14 heteroatoms. The van der Waals surface area contributed by atoms with Gasteiger partial charge in [0.1, 0.15) is 17.3 Å². The summed E-state index contributed by atoms with van der Waals surface area (Å²) in [6.45, 7) is 16.0. The highest BCUT2D eigenvalue weighted by atomic mass is 32.1. The van der Waals surface area contributed by atoms with E-state index in [2.05, 4.69) is 58.9 Å². The van der Waals surface area contributed by atoms with Crippen LogP contribution in [0.25, 0.3) is 26.7 Å². The Balaban J connectivity index is 1.48. The molecule has 12 nitrogen and oxygen atoms in total. The van der Waals surface area contributed by atoms with E-state index in [1.54, 1.807) is 22.8 Å². The van der Waals surface area contributed by atoms with Crippen LogP contribution in [0.5, 0.6) is 0 Å². The van der Waals surface area contributed by atoms with Gasteiger partial charge in [-0.15, -0.1) is 11.3 Å². The molecule has 0 aromatic carbocycles. The summed E-state index contributed by atoms with van der Waals surface area (Å²) < 4.78 is 8.73. The van der Waals surface area contributed by atoms with Gasteiger partial charge in [-0.25, -0.2) is 9.20 Å². The number of nitrogens with one attached hydrogen (secondary N) is 1. The van der Waals surface area contributed by atoms with Crippen LogP contribution in [-0.4, -0.2) is 80.9 Å². The lowest BCUT2D eigenvalue weighted by molar-refractivity contribution is 0.0752. The highest BCUT2D eigenvalue weighted by Gasteiger charge is 2.31. The van der Waals surface area contributed by atoms with Gasteiger partial charge < -0.3 is 15.8 Å². The summed E-state index contributed by atoms with van der Waals surface area (Å²) in [5.41, 5.74) is 8.58. The minimum absolute atomic E-state index is 0.0202. The highest BCUT2D eigenvalue weighted by molar-refractivity contribution is 7.21. The molecule has 0 bridgehead atoms. The molecule has 0 atom stereocenters. The van der Waals surface area contributed by atoms with Gasteiger partial charge in [-0.1, -0.05) is 19.6 Å². The summed E-state index contributed by atoms with van der Waals surface area (Å²) in [7, 11) is -1.30. The molecule has 1 aliphatic heterocycles. The van der Waals surface area contributed by atoms with Crippen LogP contribution in [0.4, 0.5) is 0 Å². The zero-order valence-corrected chi connectivity index (χ0v) is 28.7. The quantitative estimate of drug-likeness (QED) is 0.173. The average Bonchev–Trinajstić information content (AvgIpc) is 3.64. The number of carbonyl (C=O) groups excluding carboxylic acids is 2. The van der Waals surface area contributed by atoms with Crippen LogP contribution in [0.15, 0.2) is 35.4 Å². The van der Waals surface area contributed by atoms with E-state index in [1.165, 1.54) is 28.3 Å². The zero-order valence-electron chi connectivity index (χ0n) is 26.8. The van der Waals surface area contributed by atoms with E-state index in [1.807, 2.05) is 6.92 Å². The fourth-order valence-corrected chi connectivity index (χ4v) is 7.43. The molecule has 3 N–H and O–H groups in total. The van der Waals surface area contributed by atoms with Crippen molar-refractivity contribution in [3.05, 3.63) is 57.8 Å². The van der Waals surface area contributed by atoms with E-state index in [-0.39, 0.29) is 29.3 Å². The average molecular weight is 651 g/mol. The molecule has 0 unspecified atom stereocenters. The normalized spacial score (nSPS) is 15.2. The van der Waals surface area contributed by atoms with Gasteiger partial charge in [0.15, 0.2) is 0 Å². The SMILES string of the molecule is Cc1ncc(C(=O)NCCN2CCCC2(C)C)cc1-c1c(-c2ccc(=O)n(COCC[Si](C)(C)C)n2)sc2c(C(N)=O)cnn12. The van der Waals surface area contributed by atoms with E-state index in [0.29, 0.717) is 51.1 Å². The first-order chi connectivity index (χ1) is 21.2. The third kappa shape index (κ3) is 7.24. The van der Waals surface area contributed by atoms with Crippen LogP contribution in [-0.2, 0) is 11.5 Å². The Bertz CT molecular complexity index is 1790. The molecule has 5 rings (SSSR count). The number of hydrogen-bond donors (Lipinski definition) is 2. The largest absolute Gasteiger partial charge is 0.365 e. The van der Waals surface area contributed by atoms with Gasteiger partial charge in [-0.3, -0.25) is 24.3 Å². The Labute approximate surface area is 267 Å². The molecule has 2 amide bonds. The van der Waals surface area contributed by atoms with E-state index in [9.17, 15) is 14.4 Å². The second-order valence-electron chi connectivity index (χ2n) is 13.3. The van der Waals surface area contributed by atoms with Crippen LogP contribution < -0.4 is 16.6 Å². The van der Waals surface area contributed by atoms with Crippen molar-refractivity contribution in [1.29, 1.82) is 0 Å². The Hall–Kier alpha value is -3.72. The van der Waals surface area contributed by atoms with Crippen LogP contribution in [0.3, 0.4) is 0 Å². The Morgan fingerprint density at radius 3 is 2.67 bits per heavy atom. The molecule has 4 aromatic heterocycles. The van der Waals surface area contributed by atoms with Crippen molar-refractivity contribution in [2.24, 2.45) is 5.73 Å². The lowest BCUT2D eigenvalue weighted by atomic mass is 10.0. The fraction of sp³-hybridized carbons (Fsp3) is 0.484. The first-order valence-electron chi connectivity index (χ1n) is 15.2. The van der Waals surface area contributed by atoms with E-state index >= 15 is 0 Å². The topological polar surface area (TPSA) is 150 Å². The fourth-order valence-electron chi connectivity index (χ4n) is 5.49. The Kier molecular flexibility index (Phi) is 9.40. The minimum atomic E-state index is -1.30. The van der Waals surface area contributed by atoms with Gasteiger partial charge in [0.25, 0.3) is 17.4 Å². The van der Waals surface area contributed by atoms with E-state index in [4.69, 9.17) is 10.5 Å². The predicted octanol–water partition coefficient (Wildman–Crippen LogP) is 4.01. The second kappa shape index (κ2) is 12.9. The number of hydrogen-bond acceptors (Lipinski definition) is 9. The predicted molar refractivity (Wildman–Crippen MR) is 178 cm³/mol. The van der Waals surface area contributed by atoms with Crippen molar-refractivity contribution in [3.63, 3.8) is 0 Å². The molecule has 45 heavy (non-hydrogen) atoms. The smallest absolute Gasteiger partial charge is 0.268 e. The number of nitrogens with two attached hydrogens (primary N) is 1. The van der Waals surface area contributed by atoms with Gasteiger partial charge in [-0.05, 0) is 58.3 Å². The van der Waals surface area contributed by atoms with Crippen molar-refractivity contribution in [3.8, 4) is 21.8 Å². The van der Waals surface area contributed by atoms with Crippen LogP contribution in [0.2, 0.25) is 25.7 Å². The molecular formula is C31H42N8O4SSi. The third-order valence-corrected chi connectivity index (χ3v) is 11.2. The number of ether oxygens (including phenoxy) is 1. The van der Waals surface area contributed by atoms with Crippen molar-refractivity contribution >= 4 is 36.1 Å². The first kappa shape index (κ1) is 32.7. The molecule has 1 fully saturated rings. The molecule has 1 saturated heterocycles. The number of primary amides is 1. The Morgan fingerprint density at radius 1 is 1.20 bits per heavy atom. The van der Waals surface area contributed by atoms with Crippen LogP contribution in [0, 0.1) is 6.92 Å². The van der Waals surface area contributed by atoms with Crippen LogP contribution in [0.1, 0.15) is 53.1 Å². The maximum absolute atomic E-state index is 13.3. The first-order valence-corrected chi connectivity index (χ1v) is 19.7. The third-order valence-electron chi connectivity index (χ3n) is 8.27. The number of pyridine rings is 1. The summed E-state index contributed by atoms with van der Waals surface area (Å²) in [6.07, 6.45) is 5.30.